The zero-order chi connectivity index (χ0) is 0. The van der Waals surface area contributed by atoms with Crippen LogP contribution in [0.1, 0.15) is 0 Å². The molecule has 0 saturated carbocycles. The van der Waals surface area contributed by atoms with E-state index in [1.807, 2.05) is 0 Å². The Bertz CT molecular complexity index is 24.1. The van der Waals surface area contributed by atoms with Gasteiger partial charge in [0.1, 0.15) is 0 Å². The van der Waals surface area contributed by atoms with E-state index in [-0.39, 0.29) is 203 Å². The molecular weight excluding hydrogens is 652 g/mol. The van der Waals surface area contributed by atoms with Crippen molar-refractivity contribution in [2.24, 2.45) is 0 Å². The Kier molecular flexibility index (Phi) is 5730. The van der Waals surface area contributed by atoms with Crippen molar-refractivity contribution in [2.45, 2.75) is 0 Å². The molecule has 9 nitrogen and oxygen atoms in total. The molecule has 0 atom stereocenters. The van der Waals surface area contributed by atoms with Gasteiger partial charge in [0.2, 0.25) is 0 Å². The van der Waals surface area contributed by atoms with Crippen LogP contribution in [0.15, 0.2) is 0 Å². The molecule has 0 aromatic heterocycles. The molecule has 0 N–H and O–H groups in total. The SMILES string of the molecule is [Al+3].[Al+3].[Ga+3].[Ga+3].[Gd+3].[Gd+3].[O-2].[O-2].[O-2].[O-2].[O-2].[O-2].[O-2].[O-2].[O-2]. The van der Waals surface area contributed by atoms with Gasteiger partial charge in [-0.25, -0.2) is 0 Å². The van der Waals surface area contributed by atoms with E-state index in [9.17, 15) is 0 Å². The molecule has 0 fully saturated rings. The van der Waals surface area contributed by atoms with E-state index >= 15 is 0 Å². The fraction of sp³-hybridized carbons (Fsp3) is 0. The molecule has 82 valence electrons. The Labute approximate surface area is 199 Å². The first-order valence-corrected chi connectivity index (χ1v) is 0. The molecule has 0 amide bonds. The zero-order valence-electron chi connectivity index (χ0n) is 6.69. The predicted molar refractivity (Wildman–Crippen MR) is 29.2 cm³/mol. The van der Waals surface area contributed by atoms with Gasteiger partial charge in [0.05, 0.1) is 0 Å². The third-order valence-corrected chi connectivity index (χ3v) is 0. The molecule has 0 aliphatic heterocycles. The van der Waals surface area contributed by atoms with Crippen molar-refractivity contribution in [3.05, 3.63) is 0 Å². The average Bonchev–Trinajstić information content (AvgIpc) is 0. The predicted octanol–water partition coefficient (Wildman–Crippen LogP) is -2.59. The van der Waals surface area contributed by atoms with Gasteiger partial charge >= 0.3 is 154 Å². The Morgan fingerprint density at radius 1 is 0.267 bits per heavy atom. The quantitative estimate of drug-likeness (QED) is 0.244. The van der Waals surface area contributed by atoms with Crippen molar-refractivity contribution in [3.8, 4) is 0 Å². The van der Waals surface area contributed by atoms with Crippen LogP contribution >= 0.6 is 0 Å². The van der Waals surface area contributed by atoms with Gasteiger partial charge in [0.25, 0.3) is 0 Å². The first-order chi connectivity index (χ1) is 0. The molecule has 0 bridgehead atoms. The van der Waals surface area contributed by atoms with Crippen LogP contribution in [-0.2, 0) is 49.3 Å². The maximum atomic E-state index is 0. The molecule has 0 aliphatic carbocycles. The van der Waals surface area contributed by atoms with Crippen molar-refractivity contribution in [3.63, 3.8) is 0 Å². The molecule has 0 spiro atoms. The summed E-state index contributed by atoms with van der Waals surface area (Å²) in [7, 11) is 0. The minimum Gasteiger partial charge on any atom is -2.00 e. The van der Waals surface area contributed by atoms with Gasteiger partial charge in [0.15, 0.2) is 0 Å². The maximum Gasteiger partial charge on any atom is 3.00 e. The molecule has 15 heteroatoms. The van der Waals surface area contributed by atoms with Crippen molar-refractivity contribution < 1.29 is 129 Å². The van der Waals surface area contributed by atoms with E-state index in [0.717, 1.165) is 0 Å². The van der Waals surface area contributed by atoms with Crippen LogP contribution in [0.5, 0.6) is 0 Å². The van der Waals surface area contributed by atoms with E-state index in [1.54, 1.807) is 0 Å². The summed E-state index contributed by atoms with van der Waals surface area (Å²) in [5.74, 6) is 0. The summed E-state index contributed by atoms with van der Waals surface area (Å²) >= 11 is 0. The van der Waals surface area contributed by atoms with Gasteiger partial charge in [0, 0.05) is 0 Å². The molecule has 0 heterocycles. The molecule has 0 saturated heterocycles. The summed E-state index contributed by atoms with van der Waals surface area (Å²) in [6.07, 6.45) is 0. The van der Waals surface area contributed by atoms with Crippen LogP contribution in [-0.4, -0.2) is 74.3 Å². The number of hydrogen-bond donors (Lipinski definition) is 0. The second kappa shape index (κ2) is 270. The normalized spacial score (nSPS) is 0. The van der Waals surface area contributed by atoms with Crippen molar-refractivity contribution in [2.75, 3.05) is 0 Å². The standard InChI is InChI=1S/2Al.2Ga.2Gd.9O/q6*+3;9*-2. The van der Waals surface area contributed by atoms with Crippen LogP contribution in [0, 0.1) is 79.9 Å². The molecule has 2 radical (unpaired) electrons. The van der Waals surface area contributed by atoms with Gasteiger partial charge in [-0.15, -0.1) is 0 Å². The molecule has 0 unspecified atom stereocenters. The number of rotatable bonds is 0. The summed E-state index contributed by atoms with van der Waals surface area (Å²) < 4.78 is 0. The van der Waals surface area contributed by atoms with Crippen molar-refractivity contribution in [1.82, 2.24) is 0 Å². The fourth-order valence-electron chi connectivity index (χ4n) is 0. The third kappa shape index (κ3) is 241. The maximum absolute atomic E-state index is 0. The summed E-state index contributed by atoms with van der Waals surface area (Å²) in [5, 5.41) is 0. The first kappa shape index (κ1) is 318. The van der Waals surface area contributed by atoms with Crippen molar-refractivity contribution >= 4 is 74.3 Å². The van der Waals surface area contributed by atoms with E-state index in [1.165, 1.54) is 0 Å². The second-order valence-electron chi connectivity index (χ2n) is 0. The largest absolute Gasteiger partial charge is 3.00 e. The van der Waals surface area contributed by atoms with Crippen LogP contribution in [0.3, 0.4) is 0 Å². The molecule has 0 aromatic carbocycles. The Hall–Kier alpha value is 4.63. The summed E-state index contributed by atoms with van der Waals surface area (Å²) in [5.41, 5.74) is 0. The van der Waals surface area contributed by atoms with Crippen LogP contribution in [0.4, 0.5) is 0 Å². The smallest absolute Gasteiger partial charge is 2.00 e. The monoisotopic (exact) mass is 652 g/mol. The zero-order valence-corrected chi connectivity index (χ0v) is 18.4. The fourth-order valence-corrected chi connectivity index (χ4v) is 0. The van der Waals surface area contributed by atoms with Gasteiger partial charge in [-0.3, -0.25) is 0 Å². The third-order valence-electron chi connectivity index (χ3n) is 0. The Balaban J connectivity index is 0. The van der Waals surface area contributed by atoms with E-state index in [4.69, 9.17) is 0 Å². The average molecular weight is 652 g/mol. The Morgan fingerprint density at radius 3 is 0.267 bits per heavy atom. The van der Waals surface area contributed by atoms with E-state index in [0.29, 0.717) is 0 Å². The minimum atomic E-state index is 0. The molecule has 15 heavy (non-hydrogen) atoms. The Morgan fingerprint density at radius 2 is 0.267 bits per heavy atom. The van der Waals surface area contributed by atoms with Gasteiger partial charge in [-0.2, -0.15) is 0 Å². The van der Waals surface area contributed by atoms with E-state index in [2.05, 4.69) is 0 Å². The summed E-state index contributed by atoms with van der Waals surface area (Å²) in [6, 6.07) is 0. The van der Waals surface area contributed by atoms with Crippen LogP contribution in [0.2, 0.25) is 0 Å². The van der Waals surface area contributed by atoms with Crippen molar-refractivity contribution in [1.29, 1.82) is 0 Å². The number of hydrogen-bond acceptors (Lipinski definition) is 0. The van der Waals surface area contributed by atoms with Gasteiger partial charge in [-0.1, -0.05) is 0 Å². The molecular formula is Al2Ga2Gd2O9. The molecule has 0 rings (SSSR count). The van der Waals surface area contributed by atoms with Gasteiger partial charge in [-0.05, 0) is 0 Å². The summed E-state index contributed by atoms with van der Waals surface area (Å²) in [4.78, 5) is 0. The van der Waals surface area contributed by atoms with Crippen LogP contribution < -0.4 is 0 Å². The van der Waals surface area contributed by atoms with Crippen LogP contribution in [0.25, 0.3) is 0 Å². The second-order valence-corrected chi connectivity index (χ2v) is 0. The molecule has 0 aromatic rings. The summed E-state index contributed by atoms with van der Waals surface area (Å²) in [6.45, 7) is 0. The van der Waals surface area contributed by atoms with Gasteiger partial charge < -0.3 is 49.3 Å². The van der Waals surface area contributed by atoms with E-state index < -0.39 is 0 Å². The molecule has 0 aliphatic rings. The first-order valence-electron chi connectivity index (χ1n) is 0. The minimum absolute atomic E-state index is 0. The topological polar surface area (TPSA) is 256 Å².